The molecule has 1 heterocycles. The average Bonchev–Trinajstić information content (AvgIpc) is 2.38. The van der Waals surface area contributed by atoms with Crippen molar-refractivity contribution in [2.24, 2.45) is 0 Å². The first-order valence-electron chi connectivity index (χ1n) is 5.73. The van der Waals surface area contributed by atoms with Gasteiger partial charge in [-0.25, -0.2) is 0 Å². The summed E-state index contributed by atoms with van der Waals surface area (Å²) in [5.41, 5.74) is 2.61. The molecular formula is C13H16N2O2. The summed E-state index contributed by atoms with van der Waals surface area (Å²) in [5.74, 6) is 0. The van der Waals surface area contributed by atoms with Gasteiger partial charge in [-0.2, -0.15) is 5.26 Å². The van der Waals surface area contributed by atoms with Crippen molar-refractivity contribution in [3.63, 3.8) is 0 Å². The molecule has 1 aromatic rings. The third-order valence-electron chi connectivity index (χ3n) is 2.70. The summed E-state index contributed by atoms with van der Waals surface area (Å²) in [6.07, 6.45) is 0.0663. The fourth-order valence-corrected chi connectivity index (χ4v) is 1.78. The lowest BCUT2D eigenvalue weighted by Gasteiger charge is -2.23. The van der Waals surface area contributed by atoms with E-state index < -0.39 is 0 Å². The highest BCUT2D eigenvalue weighted by Gasteiger charge is 2.14. The molecule has 0 amide bonds. The highest BCUT2D eigenvalue weighted by atomic mass is 16.6. The Hall–Kier alpha value is -1.57. The second-order valence-electron chi connectivity index (χ2n) is 4.11. The first kappa shape index (κ1) is 11.9. The monoisotopic (exact) mass is 232 g/mol. The molecule has 1 N–H and O–H groups in total. The molecule has 0 aliphatic carbocycles. The van der Waals surface area contributed by atoms with Crippen LogP contribution >= 0.6 is 0 Å². The molecule has 17 heavy (non-hydrogen) atoms. The Morgan fingerprint density at radius 2 is 2.35 bits per heavy atom. The van der Waals surface area contributed by atoms with E-state index in [4.69, 9.17) is 14.7 Å². The van der Waals surface area contributed by atoms with Crippen LogP contribution in [0.3, 0.4) is 0 Å². The molecule has 1 unspecified atom stereocenters. The molecule has 1 aliphatic heterocycles. The van der Waals surface area contributed by atoms with E-state index in [1.807, 2.05) is 25.1 Å². The fraction of sp³-hybridized carbons (Fsp3) is 0.462. The van der Waals surface area contributed by atoms with Gasteiger partial charge in [-0.1, -0.05) is 6.07 Å². The van der Waals surface area contributed by atoms with Gasteiger partial charge in [0.25, 0.3) is 0 Å². The van der Waals surface area contributed by atoms with Crippen LogP contribution in [0.1, 0.15) is 11.1 Å². The highest BCUT2D eigenvalue weighted by molar-refractivity contribution is 5.58. The highest BCUT2D eigenvalue weighted by Crippen LogP contribution is 2.16. The van der Waals surface area contributed by atoms with Gasteiger partial charge in [-0.15, -0.1) is 0 Å². The van der Waals surface area contributed by atoms with E-state index in [2.05, 4.69) is 11.4 Å². The number of hydrogen-bond acceptors (Lipinski definition) is 4. The zero-order chi connectivity index (χ0) is 12.1. The van der Waals surface area contributed by atoms with Gasteiger partial charge in [-0.05, 0) is 24.6 Å². The molecule has 1 atom stereocenters. The predicted molar refractivity (Wildman–Crippen MR) is 64.9 cm³/mol. The van der Waals surface area contributed by atoms with Crippen molar-refractivity contribution in [1.29, 1.82) is 5.26 Å². The average molecular weight is 232 g/mol. The van der Waals surface area contributed by atoms with E-state index in [9.17, 15) is 0 Å². The number of benzene rings is 1. The van der Waals surface area contributed by atoms with Gasteiger partial charge in [0, 0.05) is 6.54 Å². The van der Waals surface area contributed by atoms with Crippen molar-refractivity contribution in [3.05, 3.63) is 29.3 Å². The molecule has 2 rings (SSSR count). The van der Waals surface area contributed by atoms with E-state index in [0.29, 0.717) is 31.9 Å². The van der Waals surface area contributed by atoms with Crippen molar-refractivity contribution in [2.45, 2.75) is 13.0 Å². The summed E-state index contributed by atoms with van der Waals surface area (Å²) in [4.78, 5) is 0. The molecule has 90 valence electrons. The van der Waals surface area contributed by atoms with Crippen LogP contribution in [0, 0.1) is 18.3 Å². The fourth-order valence-electron chi connectivity index (χ4n) is 1.78. The topological polar surface area (TPSA) is 54.3 Å². The quantitative estimate of drug-likeness (QED) is 0.861. The normalized spacial score (nSPS) is 19.6. The molecule has 1 aliphatic rings. The Balaban J connectivity index is 1.96. The molecular weight excluding hydrogens is 216 g/mol. The van der Waals surface area contributed by atoms with E-state index >= 15 is 0 Å². The first-order valence-corrected chi connectivity index (χ1v) is 5.73. The molecule has 0 bridgehead atoms. The molecule has 1 fully saturated rings. The lowest BCUT2D eigenvalue weighted by atomic mass is 10.1. The maximum absolute atomic E-state index is 9.03. The van der Waals surface area contributed by atoms with Crippen molar-refractivity contribution >= 4 is 5.69 Å². The summed E-state index contributed by atoms with van der Waals surface area (Å²) in [5, 5.41) is 12.3. The summed E-state index contributed by atoms with van der Waals surface area (Å²) in [6.45, 7) is 4.57. The molecule has 1 saturated heterocycles. The largest absolute Gasteiger partial charge is 0.381 e. The van der Waals surface area contributed by atoms with Crippen LogP contribution in [0.25, 0.3) is 0 Å². The number of ether oxygens (including phenoxy) is 2. The van der Waals surface area contributed by atoms with Crippen LogP contribution in [-0.4, -0.2) is 32.5 Å². The Labute approximate surface area is 101 Å². The Kier molecular flexibility index (Phi) is 3.97. The minimum absolute atomic E-state index is 0.0663. The number of rotatable bonds is 3. The third-order valence-corrected chi connectivity index (χ3v) is 2.70. The number of hydrogen-bond donors (Lipinski definition) is 1. The summed E-state index contributed by atoms with van der Waals surface area (Å²) < 4.78 is 10.8. The summed E-state index contributed by atoms with van der Waals surface area (Å²) in [6, 6.07) is 7.98. The van der Waals surface area contributed by atoms with Gasteiger partial charge in [0.1, 0.15) is 6.07 Å². The molecule has 0 radical (unpaired) electrons. The standard InChI is InChI=1S/C13H16N2O2/c1-10-2-3-13(11(6-10)7-14)15-8-12-9-16-4-5-17-12/h2-3,6,12,15H,4-5,8-9H2,1H3. The van der Waals surface area contributed by atoms with Gasteiger partial charge < -0.3 is 14.8 Å². The van der Waals surface area contributed by atoms with Crippen LogP contribution in [0.15, 0.2) is 18.2 Å². The number of aryl methyl sites for hydroxylation is 1. The lowest BCUT2D eigenvalue weighted by molar-refractivity contribution is -0.0818. The zero-order valence-electron chi connectivity index (χ0n) is 9.90. The molecule has 4 heteroatoms. The van der Waals surface area contributed by atoms with Gasteiger partial charge in [0.05, 0.1) is 37.2 Å². The van der Waals surface area contributed by atoms with E-state index in [0.717, 1.165) is 11.3 Å². The van der Waals surface area contributed by atoms with E-state index in [-0.39, 0.29) is 6.10 Å². The van der Waals surface area contributed by atoms with Crippen molar-refractivity contribution < 1.29 is 9.47 Å². The summed E-state index contributed by atoms with van der Waals surface area (Å²) in [7, 11) is 0. The number of nitriles is 1. The van der Waals surface area contributed by atoms with Crippen LogP contribution in [0.5, 0.6) is 0 Å². The smallest absolute Gasteiger partial charge is 0.101 e. The maximum atomic E-state index is 9.03. The molecule has 4 nitrogen and oxygen atoms in total. The van der Waals surface area contributed by atoms with Crippen molar-refractivity contribution in [2.75, 3.05) is 31.7 Å². The van der Waals surface area contributed by atoms with Crippen LogP contribution in [-0.2, 0) is 9.47 Å². The second kappa shape index (κ2) is 5.67. The van der Waals surface area contributed by atoms with Crippen LogP contribution in [0.2, 0.25) is 0 Å². The predicted octanol–water partition coefficient (Wildman–Crippen LogP) is 1.69. The maximum Gasteiger partial charge on any atom is 0.101 e. The molecule has 0 saturated carbocycles. The Bertz CT molecular complexity index is 420. The van der Waals surface area contributed by atoms with Gasteiger partial charge in [-0.3, -0.25) is 0 Å². The number of nitrogens with zero attached hydrogens (tertiary/aromatic N) is 1. The Morgan fingerprint density at radius 1 is 1.47 bits per heavy atom. The second-order valence-corrected chi connectivity index (χ2v) is 4.11. The van der Waals surface area contributed by atoms with Gasteiger partial charge >= 0.3 is 0 Å². The lowest BCUT2D eigenvalue weighted by Crippen LogP contribution is -2.34. The van der Waals surface area contributed by atoms with E-state index in [1.165, 1.54) is 0 Å². The van der Waals surface area contributed by atoms with E-state index in [1.54, 1.807) is 0 Å². The minimum atomic E-state index is 0.0663. The van der Waals surface area contributed by atoms with Crippen molar-refractivity contribution in [3.8, 4) is 6.07 Å². The third kappa shape index (κ3) is 3.19. The minimum Gasteiger partial charge on any atom is -0.381 e. The SMILES string of the molecule is Cc1ccc(NCC2COCCO2)c(C#N)c1. The summed E-state index contributed by atoms with van der Waals surface area (Å²) >= 11 is 0. The zero-order valence-corrected chi connectivity index (χ0v) is 9.90. The van der Waals surface area contributed by atoms with Gasteiger partial charge in [0.15, 0.2) is 0 Å². The van der Waals surface area contributed by atoms with Crippen LogP contribution < -0.4 is 5.32 Å². The first-order chi connectivity index (χ1) is 8.29. The number of nitrogens with one attached hydrogen (secondary N) is 1. The number of anilines is 1. The molecule has 1 aromatic carbocycles. The molecule has 0 spiro atoms. The van der Waals surface area contributed by atoms with Crippen LogP contribution in [0.4, 0.5) is 5.69 Å². The van der Waals surface area contributed by atoms with Gasteiger partial charge in [0.2, 0.25) is 0 Å². The van der Waals surface area contributed by atoms with Crippen molar-refractivity contribution in [1.82, 2.24) is 0 Å². The Morgan fingerprint density at radius 3 is 3.06 bits per heavy atom. The molecule has 0 aromatic heterocycles.